The summed E-state index contributed by atoms with van der Waals surface area (Å²) in [4.78, 5) is 56.7. The lowest BCUT2D eigenvalue weighted by Crippen LogP contribution is -2.58. The molecule has 0 radical (unpaired) electrons. The number of H-pyrrole nitrogens is 1. The highest BCUT2D eigenvalue weighted by atomic mass is 32.2. The van der Waals surface area contributed by atoms with Gasteiger partial charge < -0.3 is 36.9 Å². The molecule has 5 unspecified atom stereocenters. The molecule has 1 rings (SSSR count). The predicted molar refractivity (Wildman–Crippen MR) is 128 cm³/mol. The number of amides is 3. The number of carbonyl (C=O) groups excluding carboxylic acids is 3. The van der Waals surface area contributed by atoms with Crippen LogP contribution in [0.1, 0.15) is 39.3 Å². The number of imidazole rings is 1. The SMILES string of the molecule is CSCCC(NC(=O)C(Cc1cnc[nH]1)NC(=O)C(CC(C)C)NC(=O)C(N)C(C)O)C(=O)O. The number of aliphatic carboxylic acids is 1. The normalized spacial score (nSPS) is 15.6. The van der Waals surface area contributed by atoms with E-state index >= 15 is 0 Å². The van der Waals surface area contributed by atoms with E-state index in [4.69, 9.17) is 5.73 Å². The Morgan fingerprint density at radius 1 is 1.06 bits per heavy atom. The zero-order chi connectivity index (χ0) is 25.8. The molecule has 3 amide bonds. The molecule has 0 saturated heterocycles. The lowest BCUT2D eigenvalue weighted by Gasteiger charge is -2.26. The lowest BCUT2D eigenvalue weighted by atomic mass is 10.0. The third kappa shape index (κ3) is 10.1. The van der Waals surface area contributed by atoms with Gasteiger partial charge in [0, 0.05) is 18.3 Å². The molecule has 0 fully saturated rings. The van der Waals surface area contributed by atoms with E-state index in [1.807, 2.05) is 20.1 Å². The molecule has 1 heterocycles. The summed E-state index contributed by atoms with van der Waals surface area (Å²) >= 11 is 1.45. The van der Waals surface area contributed by atoms with E-state index in [9.17, 15) is 29.4 Å². The van der Waals surface area contributed by atoms with E-state index in [1.165, 1.54) is 31.2 Å². The van der Waals surface area contributed by atoms with Gasteiger partial charge in [-0.3, -0.25) is 14.4 Å². The van der Waals surface area contributed by atoms with Gasteiger partial charge in [0.15, 0.2) is 0 Å². The minimum absolute atomic E-state index is 0.0154. The van der Waals surface area contributed by atoms with Crippen LogP contribution in [0.4, 0.5) is 0 Å². The third-order valence-electron chi connectivity index (χ3n) is 5.00. The van der Waals surface area contributed by atoms with Gasteiger partial charge in [0.05, 0.1) is 12.4 Å². The van der Waals surface area contributed by atoms with Crippen molar-refractivity contribution in [1.29, 1.82) is 0 Å². The van der Waals surface area contributed by atoms with Gasteiger partial charge >= 0.3 is 5.97 Å². The maximum Gasteiger partial charge on any atom is 0.326 e. The minimum atomic E-state index is -1.22. The zero-order valence-electron chi connectivity index (χ0n) is 19.9. The molecule has 12 nitrogen and oxygen atoms in total. The Morgan fingerprint density at radius 3 is 2.15 bits per heavy atom. The lowest BCUT2D eigenvalue weighted by molar-refractivity contribution is -0.142. The summed E-state index contributed by atoms with van der Waals surface area (Å²) in [7, 11) is 0. The number of nitrogens with two attached hydrogens (primary N) is 1. The number of aromatic amines is 1. The molecule has 0 aliphatic rings. The van der Waals surface area contributed by atoms with Crippen LogP contribution in [-0.4, -0.2) is 86.2 Å². The first-order valence-electron chi connectivity index (χ1n) is 11.0. The van der Waals surface area contributed by atoms with Crippen LogP contribution in [0.2, 0.25) is 0 Å². The van der Waals surface area contributed by atoms with Crippen molar-refractivity contribution >= 4 is 35.5 Å². The Bertz CT molecular complexity index is 804. The molecule has 1 aromatic rings. The number of carboxylic acid groups (broad SMARTS) is 1. The molecule has 8 N–H and O–H groups in total. The Morgan fingerprint density at radius 2 is 1.65 bits per heavy atom. The largest absolute Gasteiger partial charge is 0.480 e. The van der Waals surface area contributed by atoms with Gasteiger partial charge in [-0.1, -0.05) is 13.8 Å². The smallest absolute Gasteiger partial charge is 0.326 e. The Hall–Kier alpha value is -2.64. The Kier molecular flexibility index (Phi) is 12.6. The van der Waals surface area contributed by atoms with Crippen LogP contribution < -0.4 is 21.7 Å². The number of rotatable bonds is 15. The van der Waals surface area contributed by atoms with Gasteiger partial charge in [-0.25, -0.2) is 9.78 Å². The molecule has 192 valence electrons. The minimum Gasteiger partial charge on any atom is -0.480 e. The summed E-state index contributed by atoms with van der Waals surface area (Å²) in [5.74, 6) is -2.63. The molecule has 0 aliphatic heterocycles. The van der Waals surface area contributed by atoms with E-state index < -0.39 is 54.0 Å². The number of nitrogens with one attached hydrogen (secondary N) is 4. The van der Waals surface area contributed by atoms with E-state index in [0.717, 1.165) is 0 Å². The quantitative estimate of drug-likeness (QED) is 0.158. The van der Waals surface area contributed by atoms with Gasteiger partial charge in [-0.05, 0) is 37.7 Å². The molecule has 0 bridgehead atoms. The second-order valence-electron chi connectivity index (χ2n) is 8.48. The van der Waals surface area contributed by atoms with Crippen LogP contribution in [0.5, 0.6) is 0 Å². The Labute approximate surface area is 203 Å². The number of aliphatic hydroxyl groups is 1. The zero-order valence-corrected chi connectivity index (χ0v) is 20.7. The van der Waals surface area contributed by atoms with Crippen LogP contribution in [0.3, 0.4) is 0 Å². The predicted octanol–water partition coefficient (Wildman–Crippen LogP) is -1.00. The maximum absolute atomic E-state index is 13.1. The van der Waals surface area contributed by atoms with E-state index in [2.05, 4.69) is 25.9 Å². The summed E-state index contributed by atoms with van der Waals surface area (Å²) in [5.41, 5.74) is 6.23. The van der Waals surface area contributed by atoms with Crippen LogP contribution >= 0.6 is 11.8 Å². The highest BCUT2D eigenvalue weighted by Crippen LogP contribution is 2.08. The number of hydrogen-bond acceptors (Lipinski definition) is 8. The monoisotopic (exact) mass is 500 g/mol. The van der Waals surface area contributed by atoms with E-state index in [0.29, 0.717) is 11.4 Å². The molecule has 5 atom stereocenters. The molecule has 1 aromatic heterocycles. The standard InChI is InChI=1S/C21H36N6O6S/c1-11(2)7-15(27-20(31)17(22)12(3)28)18(29)26-16(8-13-9-23-10-24-13)19(30)25-14(21(32)33)5-6-34-4/h9-12,14-17,28H,5-8,22H2,1-4H3,(H,23,24)(H,25,30)(H,26,29)(H,27,31)(H,32,33). The van der Waals surface area contributed by atoms with E-state index in [-0.39, 0.29) is 25.2 Å². The van der Waals surface area contributed by atoms with E-state index in [1.54, 1.807) is 0 Å². The van der Waals surface area contributed by atoms with Crippen LogP contribution in [0.15, 0.2) is 12.5 Å². The highest BCUT2D eigenvalue weighted by molar-refractivity contribution is 7.98. The number of aromatic nitrogens is 2. The molecular weight excluding hydrogens is 464 g/mol. The number of carboxylic acids is 1. The van der Waals surface area contributed by atoms with Gasteiger partial charge in [-0.15, -0.1) is 0 Å². The summed E-state index contributed by atoms with van der Waals surface area (Å²) in [6.45, 7) is 5.08. The molecule has 34 heavy (non-hydrogen) atoms. The molecule has 0 saturated carbocycles. The summed E-state index contributed by atoms with van der Waals surface area (Å²) < 4.78 is 0. The average molecular weight is 501 g/mol. The number of nitrogens with zero attached hydrogens (tertiary/aromatic N) is 1. The second kappa shape index (κ2) is 14.6. The molecule has 0 spiro atoms. The average Bonchev–Trinajstić information content (AvgIpc) is 3.27. The topological polar surface area (TPSA) is 200 Å². The highest BCUT2D eigenvalue weighted by Gasteiger charge is 2.31. The first-order valence-corrected chi connectivity index (χ1v) is 12.4. The fourth-order valence-electron chi connectivity index (χ4n) is 3.05. The first-order chi connectivity index (χ1) is 16.0. The van der Waals surface area contributed by atoms with Gasteiger partial charge in [0.2, 0.25) is 17.7 Å². The summed E-state index contributed by atoms with van der Waals surface area (Å²) in [5, 5.41) is 26.7. The van der Waals surface area contributed by atoms with Gasteiger partial charge in [0.25, 0.3) is 0 Å². The fraction of sp³-hybridized carbons (Fsp3) is 0.667. The number of hydrogen-bond donors (Lipinski definition) is 7. The first kappa shape index (κ1) is 29.4. The van der Waals surface area contributed by atoms with Crippen LogP contribution in [0.25, 0.3) is 0 Å². The number of aliphatic hydroxyl groups excluding tert-OH is 1. The van der Waals surface area contributed by atoms with Crippen molar-refractivity contribution in [2.45, 2.75) is 70.3 Å². The fourth-order valence-corrected chi connectivity index (χ4v) is 3.52. The maximum atomic E-state index is 13.1. The van der Waals surface area contributed by atoms with Crippen LogP contribution in [0, 0.1) is 5.92 Å². The van der Waals surface area contributed by atoms with Crippen molar-refractivity contribution in [2.24, 2.45) is 11.7 Å². The van der Waals surface area contributed by atoms with Crippen molar-refractivity contribution in [3.8, 4) is 0 Å². The second-order valence-corrected chi connectivity index (χ2v) is 9.47. The summed E-state index contributed by atoms with van der Waals surface area (Å²) in [6.07, 6.45) is 4.13. The molecule has 0 aliphatic carbocycles. The van der Waals surface area contributed by atoms with Crippen LogP contribution in [-0.2, 0) is 25.6 Å². The third-order valence-corrected chi connectivity index (χ3v) is 5.64. The number of carbonyl (C=O) groups is 4. The van der Waals surface area contributed by atoms with Gasteiger partial charge in [-0.2, -0.15) is 11.8 Å². The van der Waals surface area contributed by atoms with Crippen molar-refractivity contribution in [2.75, 3.05) is 12.0 Å². The van der Waals surface area contributed by atoms with Crippen molar-refractivity contribution in [3.63, 3.8) is 0 Å². The number of thioether (sulfide) groups is 1. The van der Waals surface area contributed by atoms with Gasteiger partial charge in [0.1, 0.15) is 24.2 Å². The van der Waals surface area contributed by atoms with Crippen molar-refractivity contribution in [1.82, 2.24) is 25.9 Å². The Balaban J connectivity index is 3.05. The van der Waals surface area contributed by atoms with Crippen molar-refractivity contribution in [3.05, 3.63) is 18.2 Å². The molecule has 0 aromatic carbocycles. The molecule has 13 heteroatoms. The van der Waals surface area contributed by atoms with Crippen molar-refractivity contribution < 1.29 is 29.4 Å². The molecular formula is C21H36N6O6S. The summed E-state index contributed by atoms with van der Waals surface area (Å²) in [6, 6.07) is -4.47.